The lowest BCUT2D eigenvalue weighted by atomic mass is 9.85. The van der Waals surface area contributed by atoms with E-state index in [9.17, 15) is 24.3 Å². The first-order valence-corrected chi connectivity index (χ1v) is 14.7. The van der Waals surface area contributed by atoms with Gasteiger partial charge < -0.3 is 40.6 Å². The molecule has 0 saturated heterocycles. The van der Waals surface area contributed by atoms with Crippen LogP contribution in [0.4, 0.5) is 4.79 Å². The standard InChI is InChI=1S/C32H48N4O8.ClH/c1-18-14-22-27(34-12-13-36(5)6)24(37)17-23(29(22)39)35-31(40)19(2)10-9-11-25(42-7)30(44-32(33)41)21(4)16-20(3)28(38)26(15-18)43-8;/h9-11,16-18,20,25-26,28,30,34,38H,12-15H2,1-8H3,(H2,33,41)(H,35,40);1H/b11-9-,19-10+,21-16+;/t18-,20+,25?,26+,28-,30+;/m1./s1. The van der Waals surface area contributed by atoms with E-state index < -0.39 is 53.9 Å². The molecule has 1 heterocycles. The summed E-state index contributed by atoms with van der Waals surface area (Å²) in [5.41, 5.74) is 6.55. The van der Waals surface area contributed by atoms with Crippen molar-refractivity contribution in [3.63, 3.8) is 0 Å². The van der Waals surface area contributed by atoms with Crippen LogP contribution >= 0.6 is 12.4 Å². The van der Waals surface area contributed by atoms with E-state index in [-0.39, 0.29) is 47.3 Å². The summed E-state index contributed by atoms with van der Waals surface area (Å²) in [6.07, 6.45) is 3.88. The van der Waals surface area contributed by atoms with Crippen molar-refractivity contribution < 1.29 is 38.5 Å². The second-order valence-electron chi connectivity index (χ2n) is 11.7. The van der Waals surface area contributed by atoms with Crippen molar-refractivity contribution in [1.82, 2.24) is 15.5 Å². The maximum atomic E-state index is 13.7. The van der Waals surface area contributed by atoms with Gasteiger partial charge in [-0.2, -0.15) is 0 Å². The zero-order chi connectivity index (χ0) is 33.1. The number of ketones is 2. The minimum atomic E-state index is -0.997. The first-order chi connectivity index (χ1) is 20.7. The second kappa shape index (κ2) is 18.6. The van der Waals surface area contributed by atoms with Gasteiger partial charge in [-0.25, -0.2) is 4.79 Å². The molecule has 252 valence electrons. The lowest BCUT2D eigenvalue weighted by molar-refractivity contribution is -0.120. The van der Waals surface area contributed by atoms with Crippen molar-refractivity contribution in [3.8, 4) is 0 Å². The van der Waals surface area contributed by atoms with E-state index >= 15 is 0 Å². The zero-order valence-corrected chi connectivity index (χ0v) is 28.2. The van der Waals surface area contributed by atoms with Crippen LogP contribution in [0.5, 0.6) is 0 Å². The number of halogens is 1. The average molecular weight is 653 g/mol. The molecule has 0 fully saturated rings. The van der Waals surface area contributed by atoms with Gasteiger partial charge in [-0.3, -0.25) is 14.4 Å². The molecule has 2 amide bonds. The number of primary amides is 1. The molecule has 1 aliphatic carbocycles. The van der Waals surface area contributed by atoms with E-state index in [0.29, 0.717) is 25.1 Å². The molecule has 0 aromatic carbocycles. The highest BCUT2D eigenvalue weighted by Crippen LogP contribution is 2.28. The van der Waals surface area contributed by atoms with Gasteiger partial charge in [0.25, 0.3) is 5.91 Å². The smallest absolute Gasteiger partial charge is 0.405 e. The molecule has 2 aliphatic rings. The van der Waals surface area contributed by atoms with E-state index in [1.54, 1.807) is 32.1 Å². The number of fused-ring (bicyclic) bond motifs is 2. The van der Waals surface area contributed by atoms with Crippen molar-refractivity contribution in [1.29, 1.82) is 0 Å². The minimum absolute atomic E-state index is 0. The Labute approximate surface area is 272 Å². The van der Waals surface area contributed by atoms with Gasteiger partial charge in [-0.05, 0) is 52.3 Å². The summed E-state index contributed by atoms with van der Waals surface area (Å²) in [6.45, 7) is 8.09. The fourth-order valence-corrected chi connectivity index (χ4v) is 5.18. The van der Waals surface area contributed by atoms with Gasteiger partial charge in [-0.15, -0.1) is 12.4 Å². The molecular formula is C32H49ClN4O8. The Morgan fingerprint density at radius 1 is 1.16 bits per heavy atom. The van der Waals surface area contributed by atoms with Gasteiger partial charge in [0.15, 0.2) is 6.10 Å². The maximum absolute atomic E-state index is 13.7. The number of rotatable bonds is 7. The van der Waals surface area contributed by atoms with Crippen molar-refractivity contribution in [2.24, 2.45) is 17.6 Å². The quantitative estimate of drug-likeness (QED) is 0.237. The lowest BCUT2D eigenvalue weighted by Gasteiger charge is -2.30. The molecule has 0 radical (unpaired) electrons. The Hall–Kier alpha value is -3.29. The SMILES string of the molecule is COC1/C=C\C=C(/C)C(=O)NC2=CC(=O)C(NCCN(C)C)=C(C[C@@H](C)C[C@H](OC)[C@H](O)[C@@H](C)/C=C(\C)[C@@H]1OC(N)=O)C2=O.Cl. The number of hydrogen-bond donors (Lipinski definition) is 4. The van der Waals surface area contributed by atoms with Crippen LogP contribution in [-0.4, -0.2) is 99.4 Å². The molecule has 45 heavy (non-hydrogen) atoms. The van der Waals surface area contributed by atoms with Gasteiger partial charge in [0.2, 0.25) is 11.6 Å². The summed E-state index contributed by atoms with van der Waals surface area (Å²) in [7, 11) is 6.74. The van der Waals surface area contributed by atoms with Crippen LogP contribution in [0.15, 0.2) is 58.5 Å². The first-order valence-electron chi connectivity index (χ1n) is 14.7. The number of nitrogens with two attached hydrogens (primary N) is 1. The summed E-state index contributed by atoms with van der Waals surface area (Å²) in [6, 6.07) is 0. The predicted octanol–water partition coefficient (Wildman–Crippen LogP) is 2.34. The topological polar surface area (TPSA) is 170 Å². The third-order valence-corrected chi connectivity index (χ3v) is 7.65. The number of amides is 2. The fraction of sp³-hybridized carbons (Fsp3) is 0.562. The number of hydrogen-bond acceptors (Lipinski definition) is 10. The molecule has 2 bridgehead atoms. The highest BCUT2D eigenvalue weighted by Gasteiger charge is 2.33. The number of aliphatic hydroxyl groups is 1. The zero-order valence-electron chi connectivity index (χ0n) is 27.4. The van der Waals surface area contributed by atoms with Crippen LogP contribution in [0.3, 0.4) is 0 Å². The number of ether oxygens (including phenoxy) is 3. The van der Waals surface area contributed by atoms with Gasteiger partial charge >= 0.3 is 6.09 Å². The number of methoxy groups -OCH3 is 2. The van der Waals surface area contributed by atoms with Crippen LogP contribution in [0, 0.1) is 11.8 Å². The number of Topliss-reactive ketones (excluding diaryl/α,β-unsaturated/α-hetero) is 1. The molecule has 0 aromatic rings. The van der Waals surface area contributed by atoms with Crippen molar-refractivity contribution in [2.75, 3.05) is 41.4 Å². The van der Waals surface area contributed by atoms with Crippen LogP contribution in [0.1, 0.15) is 40.5 Å². The summed E-state index contributed by atoms with van der Waals surface area (Å²) < 4.78 is 16.6. The number of carbonyl (C=O) groups excluding carboxylic acids is 4. The Bertz CT molecular complexity index is 1240. The van der Waals surface area contributed by atoms with Gasteiger partial charge in [-0.1, -0.05) is 38.2 Å². The number of nitrogens with zero attached hydrogens (tertiary/aromatic N) is 1. The van der Waals surface area contributed by atoms with Gasteiger partial charge in [0.05, 0.1) is 23.6 Å². The Morgan fingerprint density at radius 2 is 1.82 bits per heavy atom. The van der Waals surface area contributed by atoms with E-state index in [2.05, 4.69) is 10.6 Å². The molecule has 0 saturated carbocycles. The number of nitrogens with one attached hydrogen (secondary N) is 2. The van der Waals surface area contributed by atoms with Gasteiger partial charge in [0.1, 0.15) is 6.10 Å². The monoisotopic (exact) mass is 652 g/mol. The predicted molar refractivity (Wildman–Crippen MR) is 173 cm³/mol. The average Bonchev–Trinajstić information content (AvgIpc) is 2.95. The molecule has 6 atom stereocenters. The fourth-order valence-electron chi connectivity index (χ4n) is 5.18. The molecule has 5 N–H and O–H groups in total. The van der Waals surface area contributed by atoms with Crippen molar-refractivity contribution in [2.45, 2.75) is 65.0 Å². The second-order valence-corrected chi connectivity index (χ2v) is 11.7. The van der Waals surface area contributed by atoms with Crippen LogP contribution in [0.2, 0.25) is 0 Å². The summed E-state index contributed by atoms with van der Waals surface area (Å²) in [4.78, 5) is 53.7. The molecule has 0 spiro atoms. The van der Waals surface area contributed by atoms with Gasteiger partial charge in [0, 0.05) is 50.4 Å². The van der Waals surface area contributed by atoms with E-state index in [4.69, 9.17) is 19.9 Å². The highest BCUT2D eigenvalue weighted by molar-refractivity contribution is 6.23. The van der Waals surface area contributed by atoms with Crippen LogP contribution in [-0.2, 0) is 28.6 Å². The molecular weight excluding hydrogens is 604 g/mol. The third kappa shape index (κ3) is 11.5. The Kier molecular flexibility index (Phi) is 16.4. The Morgan fingerprint density at radius 3 is 2.40 bits per heavy atom. The molecule has 2 rings (SSSR count). The van der Waals surface area contributed by atoms with Crippen LogP contribution in [0.25, 0.3) is 0 Å². The normalized spacial score (nSPS) is 30.3. The molecule has 13 heteroatoms. The van der Waals surface area contributed by atoms with Crippen LogP contribution < -0.4 is 16.4 Å². The van der Waals surface area contributed by atoms with E-state index in [1.807, 2.05) is 32.8 Å². The molecule has 12 nitrogen and oxygen atoms in total. The summed E-state index contributed by atoms with van der Waals surface area (Å²) in [5.74, 6) is -2.06. The number of likely N-dealkylation sites (N-methyl/N-ethyl adjacent to an activating group) is 1. The lowest BCUT2D eigenvalue weighted by Crippen LogP contribution is -2.38. The summed E-state index contributed by atoms with van der Waals surface area (Å²) in [5, 5.41) is 17.0. The largest absolute Gasteiger partial charge is 0.439 e. The van der Waals surface area contributed by atoms with E-state index in [1.165, 1.54) is 20.3 Å². The third-order valence-electron chi connectivity index (χ3n) is 7.65. The van der Waals surface area contributed by atoms with Crippen molar-refractivity contribution >= 4 is 36.0 Å². The minimum Gasteiger partial charge on any atom is -0.439 e. The highest BCUT2D eigenvalue weighted by atomic mass is 35.5. The maximum Gasteiger partial charge on any atom is 0.405 e. The summed E-state index contributed by atoms with van der Waals surface area (Å²) >= 11 is 0. The number of allylic oxidation sites excluding steroid dienone is 4. The van der Waals surface area contributed by atoms with E-state index in [0.717, 1.165) is 6.08 Å². The molecule has 1 aliphatic heterocycles. The van der Waals surface area contributed by atoms with Crippen molar-refractivity contribution in [3.05, 3.63) is 58.5 Å². The molecule has 0 aromatic heterocycles. The number of aliphatic hydroxyl groups excluding tert-OH is 1. The number of carbonyl (C=O) groups is 4. The Balaban J connectivity index is 0.0000101. The molecule has 1 unspecified atom stereocenters. The first kappa shape index (κ1) is 39.7.